The van der Waals surface area contributed by atoms with Gasteiger partial charge in [0, 0.05) is 24.1 Å². The summed E-state index contributed by atoms with van der Waals surface area (Å²) in [6, 6.07) is 3.73. The number of hydrogen-bond donors (Lipinski definition) is 1. The maximum atomic E-state index is 12.9. The van der Waals surface area contributed by atoms with Gasteiger partial charge in [0.15, 0.2) is 0 Å². The molecule has 1 aliphatic rings. The molecule has 0 spiro atoms. The highest BCUT2D eigenvalue weighted by Gasteiger charge is 2.31. The van der Waals surface area contributed by atoms with E-state index >= 15 is 0 Å². The molecule has 7 heteroatoms. The largest absolute Gasteiger partial charge is 0.376 e. The van der Waals surface area contributed by atoms with Crippen LogP contribution >= 0.6 is 15.9 Å². The zero-order valence-corrected chi connectivity index (χ0v) is 14.9. The molecule has 1 aromatic carbocycles. The Morgan fingerprint density at radius 1 is 1.48 bits per heavy atom. The molecule has 1 unspecified atom stereocenters. The number of hydrogen-bond acceptors (Lipinski definition) is 4. The molecule has 21 heavy (non-hydrogen) atoms. The average molecular weight is 377 g/mol. The van der Waals surface area contributed by atoms with Crippen molar-refractivity contribution >= 4 is 26.0 Å². The summed E-state index contributed by atoms with van der Waals surface area (Å²) in [7, 11) is -1.67. The molecular weight excluding hydrogens is 356 g/mol. The Labute approximate surface area is 134 Å². The molecule has 1 saturated heterocycles. The van der Waals surface area contributed by atoms with Crippen LogP contribution in [0.2, 0.25) is 0 Å². The van der Waals surface area contributed by atoms with Gasteiger partial charge in [-0.25, -0.2) is 8.42 Å². The van der Waals surface area contributed by atoms with Gasteiger partial charge in [-0.05, 0) is 54.0 Å². The maximum absolute atomic E-state index is 12.9. The summed E-state index contributed by atoms with van der Waals surface area (Å²) in [6.07, 6.45) is -0.0751. The Morgan fingerprint density at radius 3 is 2.81 bits per heavy atom. The second-order valence-corrected chi connectivity index (χ2v) is 8.00. The first-order valence-corrected chi connectivity index (χ1v) is 9.15. The topological polar surface area (TPSA) is 58.6 Å². The predicted octanol–water partition coefficient (Wildman–Crippen LogP) is 1.89. The van der Waals surface area contributed by atoms with E-state index in [1.165, 1.54) is 4.31 Å². The Balaban J connectivity index is 2.43. The first kappa shape index (κ1) is 16.9. The average Bonchev–Trinajstić information content (AvgIpc) is 2.42. The Hall–Kier alpha value is -0.470. The molecule has 118 valence electrons. The molecule has 1 heterocycles. The smallest absolute Gasteiger partial charge is 0.244 e. The molecule has 2 rings (SSSR count). The van der Waals surface area contributed by atoms with E-state index in [0.29, 0.717) is 35.6 Å². The van der Waals surface area contributed by atoms with E-state index in [9.17, 15) is 8.42 Å². The monoisotopic (exact) mass is 376 g/mol. The van der Waals surface area contributed by atoms with Crippen LogP contribution in [0.5, 0.6) is 0 Å². The van der Waals surface area contributed by atoms with Gasteiger partial charge in [0.05, 0.1) is 17.6 Å². The molecule has 0 radical (unpaired) electrons. The SMILES string of the molecule is CNCc1cc(C)c(Br)c(S(=O)(=O)N2CCOC(C)C2)c1. The molecule has 1 aliphatic heterocycles. The third-order valence-electron chi connectivity index (χ3n) is 3.48. The summed E-state index contributed by atoms with van der Waals surface area (Å²) in [6.45, 7) is 5.66. The molecule has 0 bridgehead atoms. The highest BCUT2D eigenvalue weighted by atomic mass is 79.9. The first-order chi connectivity index (χ1) is 9.86. The number of sulfonamides is 1. The molecule has 0 saturated carbocycles. The lowest BCUT2D eigenvalue weighted by molar-refractivity contribution is 0.0102. The minimum absolute atomic E-state index is 0.0751. The van der Waals surface area contributed by atoms with Gasteiger partial charge < -0.3 is 10.1 Å². The van der Waals surface area contributed by atoms with Crippen LogP contribution in [-0.2, 0) is 21.3 Å². The number of ether oxygens (including phenoxy) is 1. The fraction of sp³-hybridized carbons (Fsp3) is 0.571. The molecule has 1 fully saturated rings. The van der Waals surface area contributed by atoms with Crippen LogP contribution in [-0.4, -0.2) is 45.6 Å². The van der Waals surface area contributed by atoms with Crippen molar-refractivity contribution in [2.45, 2.75) is 31.4 Å². The molecule has 1 aromatic rings. The van der Waals surface area contributed by atoms with Crippen molar-refractivity contribution in [1.29, 1.82) is 0 Å². The van der Waals surface area contributed by atoms with Gasteiger partial charge in [0.2, 0.25) is 10.0 Å². The number of benzene rings is 1. The fourth-order valence-electron chi connectivity index (χ4n) is 2.45. The molecular formula is C14H21BrN2O3S. The van der Waals surface area contributed by atoms with Crippen molar-refractivity contribution in [1.82, 2.24) is 9.62 Å². The number of nitrogens with zero attached hydrogens (tertiary/aromatic N) is 1. The zero-order chi connectivity index (χ0) is 15.6. The summed E-state index contributed by atoms with van der Waals surface area (Å²) in [5.41, 5.74) is 1.88. The Bertz CT molecular complexity index is 619. The molecule has 0 aromatic heterocycles. The second kappa shape index (κ2) is 6.75. The van der Waals surface area contributed by atoms with E-state index in [2.05, 4.69) is 21.2 Å². The van der Waals surface area contributed by atoms with E-state index in [4.69, 9.17) is 4.74 Å². The van der Waals surface area contributed by atoms with Crippen molar-refractivity contribution in [2.75, 3.05) is 26.7 Å². The molecule has 0 amide bonds. The standard InChI is InChI=1S/C14H21BrN2O3S/c1-10-6-12(8-16-3)7-13(14(10)15)21(18,19)17-4-5-20-11(2)9-17/h6-7,11,16H,4-5,8-9H2,1-3H3. The third-order valence-corrected chi connectivity index (χ3v) is 6.69. The van der Waals surface area contributed by atoms with E-state index < -0.39 is 10.0 Å². The van der Waals surface area contributed by atoms with Gasteiger partial charge in [-0.1, -0.05) is 6.07 Å². The van der Waals surface area contributed by atoms with Gasteiger partial charge in [0.1, 0.15) is 0 Å². The van der Waals surface area contributed by atoms with E-state index in [-0.39, 0.29) is 6.10 Å². The molecule has 1 atom stereocenters. The van der Waals surface area contributed by atoms with Crippen molar-refractivity contribution < 1.29 is 13.2 Å². The Morgan fingerprint density at radius 2 is 2.19 bits per heavy atom. The lowest BCUT2D eigenvalue weighted by Gasteiger charge is -2.30. The normalized spacial score (nSPS) is 20.7. The predicted molar refractivity (Wildman–Crippen MR) is 85.8 cm³/mol. The van der Waals surface area contributed by atoms with E-state index in [0.717, 1.165) is 11.1 Å². The van der Waals surface area contributed by atoms with Crippen LogP contribution in [0.4, 0.5) is 0 Å². The highest BCUT2D eigenvalue weighted by molar-refractivity contribution is 9.10. The number of morpholine rings is 1. The Kier molecular flexibility index (Phi) is 5.43. The lowest BCUT2D eigenvalue weighted by atomic mass is 10.1. The van der Waals surface area contributed by atoms with Crippen LogP contribution < -0.4 is 5.32 Å². The van der Waals surface area contributed by atoms with Crippen LogP contribution in [0.1, 0.15) is 18.1 Å². The van der Waals surface area contributed by atoms with Crippen molar-refractivity contribution in [3.8, 4) is 0 Å². The molecule has 1 N–H and O–H groups in total. The van der Waals surface area contributed by atoms with Gasteiger partial charge >= 0.3 is 0 Å². The number of nitrogens with one attached hydrogen (secondary N) is 1. The van der Waals surface area contributed by atoms with Gasteiger partial charge in [0.25, 0.3) is 0 Å². The van der Waals surface area contributed by atoms with Crippen LogP contribution in [0.15, 0.2) is 21.5 Å². The van der Waals surface area contributed by atoms with Crippen molar-refractivity contribution in [2.24, 2.45) is 0 Å². The summed E-state index contributed by atoms with van der Waals surface area (Å²) in [5.74, 6) is 0. The minimum atomic E-state index is -3.51. The van der Waals surface area contributed by atoms with Crippen molar-refractivity contribution in [3.05, 3.63) is 27.7 Å². The number of aryl methyl sites for hydroxylation is 1. The van der Waals surface area contributed by atoms with Crippen LogP contribution in [0.3, 0.4) is 0 Å². The minimum Gasteiger partial charge on any atom is -0.376 e. The van der Waals surface area contributed by atoms with Gasteiger partial charge in [-0.15, -0.1) is 0 Å². The summed E-state index contributed by atoms with van der Waals surface area (Å²) in [4.78, 5) is 0.335. The lowest BCUT2D eigenvalue weighted by Crippen LogP contribution is -2.44. The van der Waals surface area contributed by atoms with E-state index in [1.807, 2.05) is 27.0 Å². The molecule has 5 nitrogen and oxygen atoms in total. The maximum Gasteiger partial charge on any atom is 0.244 e. The van der Waals surface area contributed by atoms with Gasteiger partial charge in [-0.3, -0.25) is 0 Å². The third kappa shape index (κ3) is 3.65. The summed E-state index contributed by atoms with van der Waals surface area (Å²) >= 11 is 3.43. The summed E-state index contributed by atoms with van der Waals surface area (Å²) < 4.78 is 33.3. The molecule has 0 aliphatic carbocycles. The fourth-order valence-corrected chi connectivity index (χ4v) is 4.98. The highest BCUT2D eigenvalue weighted by Crippen LogP contribution is 2.30. The number of rotatable bonds is 4. The quantitative estimate of drug-likeness (QED) is 0.871. The summed E-state index contributed by atoms with van der Waals surface area (Å²) in [5, 5.41) is 3.05. The number of halogens is 1. The zero-order valence-electron chi connectivity index (χ0n) is 12.5. The van der Waals surface area contributed by atoms with E-state index in [1.54, 1.807) is 6.07 Å². The van der Waals surface area contributed by atoms with Gasteiger partial charge in [-0.2, -0.15) is 4.31 Å². The second-order valence-electron chi connectivity index (χ2n) is 5.30. The van der Waals surface area contributed by atoms with Crippen molar-refractivity contribution in [3.63, 3.8) is 0 Å². The van der Waals surface area contributed by atoms with Crippen LogP contribution in [0.25, 0.3) is 0 Å². The van der Waals surface area contributed by atoms with Crippen LogP contribution in [0, 0.1) is 6.92 Å². The first-order valence-electron chi connectivity index (χ1n) is 6.91.